The number of halogens is 2. The van der Waals surface area contributed by atoms with Crippen molar-refractivity contribution in [1.29, 1.82) is 0 Å². The molecule has 0 fully saturated rings. The number of aliphatic hydroxyl groups excluding tert-OH is 1. The van der Waals surface area contributed by atoms with E-state index in [9.17, 15) is 18.7 Å². The summed E-state index contributed by atoms with van der Waals surface area (Å²) in [5, 5.41) is 12.2. The highest BCUT2D eigenvalue weighted by Gasteiger charge is 2.18. The zero-order chi connectivity index (χ0) is 14.6. The van der Waals surface area contributed by atoms with Crippen LogP contribution in [0.15, 0.2) is 18.2 Å². The Balaban J connectivity index is 2.64. The van der Waals surface area contributed by atoms with Gasteiger partial charge in [0.2, 0.25) is 5.91 Å². The molecular formula is C14H19F2NO2. The van der Waals surface area contributed by atoms with E-state index in [4.69, 9.17) is 0 Å². The van der Waals surface area contributed by atoms with Gasteiger partial charge in [-0.05, 0) is 18.9 Å². The van der Waals surface area contributed by atoms with Crippen LogP contribution in [0.2, 0.25) is 0 Å². The van der Waals surface area contributed by atoms with Crippen molar-refractivity contribution >= 4 is 5.91 Å². The average Bonchev–Trinajstić information content (AvgIpc) is 2.27. The number of nitrogens with one attached hydrogen (secondary N) is 1. The highest BCUT2D eigenvalue weighted by Crippen LogP contribution is 2.18. The minimum absolute atomic E-state index is 0.0244. The lowest BCUT2D eigenvalue weighted by molar-refractivity contribution is -0.124. The summed E-state index contributed by atoms with van der Waals surface area (Å²) in [6.45, 7) is 5.22. The molecule has 0 aromatic heterocycles. The number of carbonyl (C=O) groups excluding carboxylic acids is 1. The Morgan fingerprint density at radius 2 is 1.95 bits per heavy atom. The molecule has 1 amide bonds. The van der Waals surface area contributed by atoms with Gasteiger partial charge < -0.3 is 10.4 Å². The summed E-state index contributed by atoms with van der Waals surface area (Å²) in [4.78, 5) is 11.7. The van der Waals surface area contributed by atoms with Gasteiger partial charge in [0.05, 0.1) is 18.6 Å². The van der Waals surface area contributed by atoms with E-state index in [2.05, 4.69) is 5.32 Å². The molecule has 5 heteroatoms. The number of rotatable bonds is 5. The SMILES string of the molecule is CC(NC(=O)CC(O)C(C)C)c1ccc(F)cc1F. The minimum Gasteiger partial charge on any atom is -0.392 e. The Morgan fingerprint density at radius 1 is 1.32 bits per heavy atom. The molecule has 0 heterocycles. The highest BCUT2D eigenvalue weighted by atomic mass is 19.1. The second-order valence-corrected chi connectivity index (χ2v) is 4.97. The first-order chi connectivity index (χ1) is 8.81. The van der Waals surface area contributed by atoms with Gasteiger partial charge in [-0.2, -0.15) is 0 Å². The van der Waals surface area contributed by atoms with Gasteiger partial charge in [-0.25, -0.2) is 8.78 Å². The Morgan fingerprint density at radius 3 is 2.47 bits per heavy atom. The fraction of sp³-hybridized carbons (Fsp3) is 0.500. The lowest BCUT2D eigenvalue weighted by atomic mass is 10.0. The van der Waals surface area contributed by atoms with E-state index < -0.39 is 23.8 Å². The van der Waals surface area contributed by atoms with E-state index in [1.807, 2.05) is 0 Å². The molecule has 1 aromatic carbocycles. The summed E-state index contributed by atoms with van der Waals surface area (Å²) in [5.41, 5.74) is 0.216. The average molecular weight is 271 g/mol. The van der Waals surface area contributed by atoms with Crippen molar-refractivity contribution in [2.75, 3.05) is 0 Å². The van der Waals surface area contributed by atoms with Crippen molar-refractivity contribution in [2.45, 2.75) is 39.3 Å². The second-order valence-electron chi connectivity index (χ2n) is 4.97. The van der Waals surface area contributed by atoms with Gasteiger partial charge in [-0.15, -0.1) is 0 Å². The minimum atomic E-state index is -0.731. The fourth-order valence-electron chi connectivity index (χ4n) is 1.66. The van der Waals surface area contributed by atoms with Crippen LogP contribution >= 0.6 is 0 Å². The van der Waals surface area contributed by atoms with Crippen molar-refractivity contribution in [3.05, 3.63) is 35.4 Å². The Labute approximate surface area is 111 Å². The molecule has 0 aliphatic carbocycles. The molecule has 19 heavy (non-hydrogen) atoms. The summed E-state index contributed by atoms with van der Waals surface area (Å²) in [6.07, 6.45) is -0.768. The van der Waals surface area contributed by atoms with Gasteiger partial charge in [0.25, 0.3) is 0 Å². The van der Waals surface area contributed by atoms with Crippen LogP contribution < -0.4 is 5.32 Å². The molecule has 0 radical (unpaired) electrons. The first-order valence-corrected chi connectivity index (χ1v) is 6.23. The molecule has 3 nitrogen and oxygen atoms in total. The quantitative estimate of drug-likeness (QED) is 0.864. The van der Waals surface area contributed by atoms with Crippen LogP contribution in [0.5, 0.6) is 0 Å². The number of hydrogen-bond acceptors (Lipinski definition) is 2. The van der Waals surface area contributed by atoms with Crippen molar-refractivity contribution < 1.29 is 18.7 Å². The standard InChI is InChI=1S/C14H19F2NO2/c1-8(2)13(18)7-14(19)17-9(3)11-5-4-10(15)6-12(11)16/h4-6,8-9,13,18H,7H2,1-3H3,(H,17,19). The third kappa shape index (κ3) is 4.59. The lowest BCUT2D eigenvalue weighted by Gasteiger charge is -2.18. The van der Waals surface area contributed by atoms with Gasteiger partial charge >= 0.3 is 0 Å². The first kappa shape index (κ1) is 15.6. The van der Waals surface area contributed by atoms with E-state index in [0.717, 1.165) is 12.1 Å². The van der Waals surface area contributed by atoms with Crippen LogP contribution in [0, 0.1) is 17.6 Å². The number of hydrogen-bond donors (Lipinski definition) is 2. The molecule has 106 valence electrons. The van der Waals surface area contributed by atoms with E-state index in [1.165, 1.54) is 6.07 Å². The molecule has 2 unspecified atom stereocenters. The monoisotopic (exact) mass is 271 g/mol. The van der Waals surface area contributed by atoms with E-state index in [1.54, 1.807) is 20.8 Å². The van der Waals surface area contributed by atoms with Crippen molar-refractivity contribution in [3.8, 4) is 0 Å². The number of carbonyl (C=O) groups is 1. The van der Waals surface area contributed by atoms with Crippen LogP contribution in [-0.4, -0.2) is 17.1 Å². The molecule has 0 saturated carbocycles. The molecule has 1 rings (SSSR count). The molecule has 0 aliphatic rings. The molecule has 1 aromatic rings. The van der Waals surface area contributed by atoms with Gasteiger partial charge in [-0.3, -0.25) is 4.79 Å². The predicted octanol–water partition coefficient (Wildman–Crippen LogP) is 2.55. The summed E-state index contributed by atoms with van der Waals surface area (Å²) in [5.74, 6) is -1.74. The third-order valence-electron chi connectivity index (χ3n) is 2.97. The van der Waals surface area contributed by atoms with E-state index >= 15 is 0 Å². The maximum Gasteiger partial charge on any atom is 0.223 e. The molecule has 2 N–H and O–H groups in total. The second kappa shape index (κ2) is 6.61. The highest BCUT2D eigenvalue weighted by molar-refractivity contribution is 5.76. The summed E-state index contributed by atoms with van der Waals surface area (Å²) >= 11 is 0. The van der Waals surface area contributed by atoms with E-state index in [0.29, 0.717) is 0 Å². The van der Waals surface area contributed by atoms with Crippen LogP contribution in [0.3, 0.4) is 0 Å². The van der Waals surface area contributed by atoms with Crippen molar-refractivity contribution in [2.24, 2.45) is 5.92 Å². The van der Waals surface area contributed by atoms with E-state index in [-0.39, 0.29) is 23.8 Å². The van der Waals surface area contributed by atoms with Crippen LogP contribution in [-0.2, 0) is 4.79 Å². The Kier molecular flexibility index (Phi) is 5.42. The normalized spacial score (nSPS) is 14.3. The van der Waals surface area contributed by atoms with Crippen molar-refractivity contribution in [1.82, 2.24) is 5.32 Å². The Bertz CT molecular complexity index is 449. The maximum atomic E-state index is 13.5. The topological polar surface area (TPSA) is 49.3 Å². The molecule has 2 atom stereocenters. The fourth-order valence-corrected chi connectivity index (χ4v) is 1.66. The summed E-state index contributed by atoms with van der Waals surface area (Å²) < 4.78 is 26.3. The molecular weight excluding hydrogens is 252 g/mol. The summed E-state index contributed by atoms with van der Waals surface area (Å²) in [7, 11) is 0. The zero-order valence-electron chi connectivity index (χ0n) is 11.3. The molecule has 0 spiro atoms. The van der Waals surface area contributed by atoms with Gasteiger partial charge in [0, 0.05) is 11.6 Å². The maximum absolute atomic E-state index is 13.5. The smallest absolute Gasteiger partial charge is 0.223 e. The van der Waals surface area contributed by atoms with Crippen LogP contribution in [0.1, 0.15) is 38.8 Å². The summed E-state index contributed by atoms with van der Waals surface area (Å²) in [6, 6.07) is 2.65. The van der Waals surface area contributed by atoms with Gasteiger partial charge in [0.1, 0.15) is 11.6 Å². The van der Waals surface area contributed by atoms with Gasteiger partial charge in [-0.1, -0.05) is 19.9 Å². The lowest BCUT2D eigenvalue weighted by Crippen LogP contribution is -2.31. The molecule has 0 aliphatic heterocycles. The zero-order valence-corrected chi connectivity index (χ0v) is 11.3. The molecule has 0 bridgehead atoms. The molecule has 0 saturated heterocycles. The van der Waals surface area contributed by atoms with Gasteiger partial charge in [0.15, 0.2) is 0 Å². The predicted molar refractivity (Wildman–Crippen MR) is 68.4 cm³/mol. The number of aliphatic hydroxyl groups is 1. The van der Waals surface area contributed by atoms with Crippen LogP contribution in [0.25, 0.3) is 0 Å². The van der Waals surface area contributed by atoms with Crippen LogP contribution in [0.4, 0.5) is 8.78 Å². The largest absolute Gasteiger partial charge is 0.392 e. The third-order valence-corrected chi connectivity index (χ3v) is 2.97. The Hall–Kier alpha value is -1.49. The number of amides is 1. The number of benzene rings is 1. The van der Waals surface area contributed by atoms with Crippen molar-refractivity contribution in [3.63, 3.8) is 0 Å². The first-order valence-electron chi connectivity index (χ1n) is 6.23.